The summed E-state index contributed by atoms with van der Waals surface area (Å²) in [6.45, 7) is 1.56. The second-order valence-corrected chi connectivity index (χ2v) is 10.0. The van der Waals surface area contributed by atoms with Crippen LogP contribution in [0.2, 0.25) is 0 Å². The molecule has 1 saturated heterocycles. The van der Waals surface area contributed by atoms with Crippen molar-refractivity contribution in [3.05, 3.63) is 75.9 Å². The van der Waals surface area contributed by atoms with Gasteiger partial charge in [-0.1, -0.05) is 24.3 Å². The number of nitrogens with one attached hydrogen (secondary N) is 1. The maximum absolute atomic E-state index is 13.1. The monoisotopic (exact) mass is 441 g/mol. The molecule has 8 nitrogen and oxygen atoms in total. The van der Waals surface area contributed by atoms with Crippen LogP contribution in [0.3, 0.4) is 0 Å². The molecule has 162 valence electrons. The SMILES string of the molecule is O=[N+]([O-])c1ccc(C2Nc3ccc(S(=O)(=O)N4CCOCC4)cc3C3C=CCC32)cc1. The summed E-state index contributed by atoms with van der Waals surface area (Å²) in [7, 11) is -3.57. The van der Waals surface area contributed by atoms with E-state index < -0.39 is 14.9 Å². The van der Waals surface area contributed by atoms with Gasteiger partial charge in [0.05, 0.1) is 29.1 Å². The minimum Gasteiger partial charge on any atom is -0.379 e. The first-order chi connectivity index (χ1) is 14.9. The molecular weight excluding hydrogens is 418 g/mol. The summed E-state index contributed by atoms with van der Waals surface area (Å²) in [5.74, 6) is 0.312. The molecule has 1 aliphatic carbocycles. The lowest BCUT2D eigenvalue weighted by molar-refractivity contribution is -0.384. The fraction of sp³-hybridized carbons (Fsp3) is 0.364. The van der Waals surface area contributed by atoms with Gasteiger partial charge >= 0.3 is 0 Å². The lowest BCUT2D eigenvalue weighted by atomic mass is 9.77. The number of sulfonamides is 1. The van der Waals surface area contributed by atoms with Crippen LogP contribution in [-0.4, -0.2) is 43.9 Å². The Kier molecular flexibility index (Phi) is 5.04. The zero-order valence-corrected chi connectivity index (χ0v) is 17.6. The third-order valence-corrected chi connectivity index (χ3v) is 8.30. The number of nitrogens with zero attached hydrogens (tertiary/aromatic N) is 2. The van der Waals surface area contributed by atoms with Gasteiger partial charge in [0.15, 0.2) is 0 Å². The van der Waals surface area contributed by atoms with Gasteiger partial charge in [0, 0.05) is 36.8 Å². The quantitative estimate of drug-likeness (QED) is 0.443. The summed E-state index contributed by atoms with van der Waals surface area (Å²) < 4.78 is 33.0. The van der Waals surface area contributed by atoms with Crippen LogP contribution in [0.4, 0.5) is 11.4 Å². The molecule has 1 fully saturated rings. The first-order valence-corrected chi connectivity index (χ1v) is 11.8. The Bertz CT molecular complexity index is 1140. The fourth-order valence-corrected chi connectivity index (χ4v) is 6.25. The Hall–Kier alpha value is -2.75. The summed E-state index contributed by atoms with van der Waals surface area (Å²) in [5, 5.41) is 14.5. The maximum atomic E-state index is 13.1. The second-order valence-electron chi connectivity index (χ2n) is 8.09. The van der Waals surface area contributed by atoms with Crippen LogP contribution in [-0.2, 0) is 14.8 Å². The van der Waals surface area contributed by atoms with Gasteiger partial charge in [-0.05, 0) is 41.7 Å². The van der Waals surface area contributed by atoms with Gasteiger partial charge in [-0.15, -0.1) is 0 Å². The molecule has 0 bridgehead atoms. The van der Waals surface area contributed by atoms with Crippen molar-refractivity contribution in [2.45, 2.75) is 23.3 Å². The van der Waals surface area contributed by atoms with Crippen LogP contribution in [0.5, 0.6) is 0 Å². The summed E-state index contributed by atoms with van der Waals surface area (Å²) in [6, 6.07) is 11.9. The smallest absolute Gasteiger partial charge is 0.269 e. The molecule has 3 aliphatic rings. The van der Waals surface area contributed by atoms with E-state index in [2.05, 4.69) is 17.5 Å². The van der Waals surface area contributed by atoms with Crippen molar-refractivity contribution in [2.24, 2.45) is 5.92 Å². The molecule has 2 aliphatic heterocycles. The molecule has 0 amide bonds. The van der Waals surface area contributed by atoms with Gasteiger partial charge in [-0.25, -0.2) is 8.42 Å². The highest BCUT2D eigenvalue weighted by atomic mass is 32.2. The van der Waals surface area contributed by atoms with E-state index >= 15 is 0 Å². The number of hydrogen-bond acceptors (Lipinski definition) is 6. The molecule has 2 heterocycles. The Labute approximate surface area is 180 Å². The van der Waals surface area contributed by atoms with E-state index in [1.807, 2.05) is 6.07 Å². The summed E-state index contributed by atoms with van der Waals surface area (Å²) >= 11 is 0. The van der Waals surface area contributed by atoms with Crippen LogP contribution in [0.1, 0.15) is 29.5 Å². The molecule has 3 atom stereocenters. The third kappa shape index (κ3) is 3.52. The highest BCUT2D eigenvalue weighted by Gasteiger charge is 2.39. The molecular formula is C22H23N3O5S. The molecule has 2 aromatic rings. The fourth-order valence-electron chi connectivity index (χ4n) is 4.80. The molecule has 5 rings (SSSR count). The second kappa shape index (κ2) is 7.74. The van der Waals surface area contributed by atoms with Gasteiger partial charge < -0.3 is 10.1 Å². The number of rotatable bonds is 4. The number of morpholine rings is 1. The molecule has 1 N–H and O–H groups in total. The standard InChI is InChI=1S/C22H23N3O5S/c26-25(27)16-6-4-15(5-7-16)22-19-3-1-2-18(19)20-14-17(8-9-21(20)23-22)31(28,29)24-10-12-30-13-11-24/h1-2,4-9,14,18-19,22-23H,3,10-13H2. The summed E-state index contributed by atoms with van der Waals surface area (Å²) in [6.07, 6.45) is 5.14. The van der Waals surface area contributed by atoms with E-state index in [9.17, 15) is 18.5 Å². The number of non-ortho nitro benzene ring substituents is 1. The number of fused-ring (bicyclic) bond motifs is 3. The average Bonchev–Trinajstić information content (AvgIpc) is 3.29. The highest BCUT2D eigenvalue weighted by molar-refractivity contribution is 7.89. The van der Waals surface area contributed by atoms with Crippen molar-refractivity contribution in [1.29, 1.82) is 0 Å². The first-order valence-electron chi connectivity index (χ1n) is 10.3. The molecule has 31 heavy (non-hydrogen) atoms. The lowest BCUT2D eigenvalue weighted by Crippen LogP contribution is -2.40. The molecule has 0 aromatic heterocycles. The number of anilines is 1. The van der Waals surface area contributed by atoms with Crippen molar-refractivity contribution >= 4 is 21.4 Å². The first kappa shape index (κ1) is 20.2. The van der Waals surface area contributed by atoms with Crippen LogP contribution >= 0.6 is 0 Å². The zero-order valence-electron chi connectivity index (χ0n) is 16.8. The maximum Gasteiger partial charge on any atom is 0.269 e. The molecule has 0 radical (unpaired) electrons. The lowest BCUT2D eigenvalue weighted by Gasteiger charge is -2.38. The van der Waals surface area contributed by atoms with Gasteiger partial charge in [0.2, 0.25) is 10.0 Å². The van der Waals surface area contributed by atoms with Crippen molar-refractivity contribution in [1.82, 2.24) is 4.31 Å². The molecule has 3 unspecified atom stereocenters. The normalized spacial score (nSPS) is 25.5. The van der Waals surface area contributed by atoms with E-state index in [-0.39, 0.29) is 23.6 Å². The van der Waals surface area contributed by atoms with E-state index in [1.54, 1.807) is 24.3 Å². The number of nitro groups is 1. The predicted molar refractivity (Wildman–Crippen MR) is 115 cm³/mol. The Morgan fingerprint density at radius 2 is 1.84 bits per heavy atom. The van der Waals surface area contributed by atoms with Crippen molar-refractivity contribution in [2.75, 3.05) is 31.6 Å². The Balaban J connectivity index is 1.48. The zero-order chi connectivity index (χ0) is 21.6. The average molecular weight is 442 g/mol. The largest absolute Gasteiger partial charge is 0.379 e. The van der Waals surface area contributed by atoms with Crippen molar-refractivity contribution in [3.63, 3.8) is 0 Å². The number of hydrogen-bond donors (Lipinski definition) is 1. The Morgan fingerprint density at radius 1 is 1.10 bits per heavy atom. The minimum atomic E-state index is -3.57. The Morgan fingerprint density at radius 3 is 2.55 bits per heavy atom. The van der Waals surface area contributed by atoms with Crippen LogP contribution in [0.25, 0.3) is 0 Å². The predicted octanol–water partition coefficient (Wildman–Crippen LogP) is 3.44. The number of benzene rings is 2. The summed E-state index contributed by atoms with van der Waals surface area (Å²) in [5.41, 5.74) is 2.93. The van der Waals surface area contributed by atoms with E-state index in [0.29, 0.717) is 31.2 Å². The number of nitro benzene ring substituents is 1. The van der Waals surface area contributed by atoms with E-state index in [4.69, 9.17) is 4.74 Å². The minimum absolute atomic E-state index is 0.00463. The number of ether oxygens (including phenoxy) is 1. The van der Waals surface area contributed by atoms with Crippen LogP contribution < -0.4 is 5.32 Å². The number of allylic oxidation sites excluding steroid dienone is 2. The van der Waals surface area contributed by atoms with Gasteiger partial charge in [-0.3, -0.25) is 10.1 Å². The van der Waals surface area contributed by atoms with Crippen molar-refractivity contribution in [3.8, 4) is 0 Å². The van der Waals surface area contributed by atoms with Gasteiger partial charge in [-0.2, -0.15) is 4.31 Å². The molecule has 0 spiro atoms. The molecule has 0 saturated carbocycles. The van der Waals surface area contributed by atoms with Crippen molar-refractivity contribution < 1.29 is 18.1 Å². The van der Waals surface area contributed by atoms with Crippen LogP contribution in [0.15, 0.2) is 59.5 Å². The topological polar surface area (TPSA) is 102 Å². The highest BCUT2D eigenvalue weighted by Crippen LogP contribution is 2.50. The van der Waals surface area contributed by atoms with Gasteiger partial charge in [0.1, 0.15) is 0 Å². The molecule has 9 heteroatoms. The van der Waals surface area contributed by atoms with E-state index in [0.717, 1.165) is 23.2 Å². The van der Waals surface area contributed by atoms with Crippen LogP contribution in [0, 0.1) is 16.0 Å². The molecule has 2 aromatic carbocycles. The third-order valence-electron chi connectivity index (χ3n) is 6.41. The summed E-state index contributed by atoms with van der Waals surface area (Å²) in [4.78, 5) is 10.9. The van der Waals surface area contributed by atoms with E-state index in [1.165, 1.54) is 16.4 Å². The van der Waals surface area contributed by atoms with Gasteiger partial charge in [0.25, 0.3) is 5.69 Å².